The summed E-state index contributed by atoms with van der Waals surface area (Å²) in [7, 11) is 0. The van der Waals surface area contributed by atoms with E-state index in [0.29, 0.717) is 6.42 Å². The average molecular weight is 215 g/mol. The standard InChI is InChI=1S/C11H21NO3/c1-5-12-7-8(15-11(2,3)4)6-9(12)10(13)14/h8-9H,5-7H2,1-4H3,(H,13,14). The number of likely N-dealkylation sites (tertiary alicyclic amines) is 1. The molecule has 2 unspecified atom stereocenters. The van der Waals surface area contributed by atoms with E-state index < -0.39 is 5.97 Å². The third kappa shape index (κ3) is 3.47. The summed E-state index contributed by atoms with van der Waals surface area (Å²) in [5.41, 5.74) is -0.197. The minimum absolute atomic E-state index is 0.0473. The van der Waals surface area contributed by atoms with Crippen molar-refractivity contribution in [1.82, 2.24) is 4.90 Å². The van der Waals surface area contributed by atoms with Crippen LogP contribution in [0, 0.1) is 0 Å². The zero-order valence-electron chi connectivity index (χ0n) is 9.99. The Morgan fingerprint density at radius 1 is 1.53 bits per heavy atom. The Morgan fingerprint density at radius 3 is 2.47 bits per heavy atom. The Morgan fingerprint density at radius 2 is 2.13 bits per heavy atom. The molecule has 0 bridgehead atoms. The molecule has 0 aromatic heterocycles. The van der Waals surface area contributed by atoms with Crippen LogP contribution >= 0.6 is 0 Å². The molecule has 0 aliphatic carbocycles. The molecule has 0 spiro atoms. The van der Waals surface area contributed by atoms with Crippen LogP contribution in [0.1, 0.15) is 34.1 Å². The number of likely N-dealkylation sites (N-methyl/N-ethyl adjacent to an activating group) is 1. The van der Waals surface area contributed by atoms with E-state index in [1.165, 1.54) is 0 Å². The quantitative estimate of drug-likeness (QED) is 0.772. The summed E-state index contributed by atoms with van der Waals surface area (Å²) in [6.07, 6.45) is 0.645. The number of hydrogen-bond acceptors (Lipinski definition) is 3. The van der Waals surface area contributed by atoms with Crippen LogP contribution in [0.15, 0.2) is 0 Å². The van der Waals surface area contributed by atoms with Crippen molar-refractivity contribution in [2.24, 2.45) is 0 Å². The van der Waals surface area contributed by atoms with E-state index in [1.54, 1.807) is 0 Å². The third-order valence-corrected chi connectivity index (χ3v) is 2.58. The van der Waals surface area contributed by atoms with E-state index in [1.807, 2.05) is 32.6 Å². The van der Waals surface area contributed by atoms with Gasteiger partial charge in [0.15, 0.2) is 0 Å². The first kappa shape index (κ1) is 12.5. The Kier molecular flexibility index (Phi) is 3.73. The van der Waals surface area contributed by atoms with Gasteiger partial charge in [0.05, 0.1) is 11.7 Å². The Bertz CT molecular complexity index is 234. The number of carboxylic acid groups (broad SMARTS) is 1. The largest absolute Gasteiger partial charge is 0.480 e. The van der Waals surface area contributed by atoms with Gasteiger partial charge in [-0.25, -0.2) is 0 Å². The van der Waals surface area contributed by atoms with Crippen molar-refractivity contribution in [3.8, 4) is 0 Å². The molecular formula is C11H21NO3. The van der Waals surface area contributed by atoms with Crippen LogP contribution in [-0.4, -0.2) is 46.8 Å². The van der Waals surface area contributed by atoms with E-state index in [-0.39, 0.29) is 17.7 Å². The molecule has 0 aromatic carbocycles. The summed E-state index contributed by atoms with van der Waals surface area (Å²) in [5.74, 6) is -0.739. The lowest BCUT2D eigenvalue weighted by atomic mass is 10.1. The van der Waals surface area contributed by atoms with Crippen molar-refractivity contribution in [3.63, 3.8) is 0 Å². The van der Waals surface area contributed by atoms with Crippen LogP contribution in [0.25, 0.3) is 0 Å². The zero-order valence-corrected chi connectivity index (χ0v) is 9.99. The summed E-state index contributed by atoms with van der Waals surface area (Å²) in [4.78, 5) is 12.9. The minimum atomic E-state index is -0.739. The van der Waals surface area contributed by atoms with Gasteiger partial charge in [-0.2, -0.15) is 0 Å². The second kappa shape index (κ2) is 4.49. The van der Waals surface area contributed by atoms with Crippen LogP contribution < -0.4 is 0 Å². The minimum Gasteiger partial charge on any atom is -0.480 e. The molecule has 4 nitrogen and oxygen atoms in total. The van der Waals surface area contributed by atoms with Gasteiger partial charge in [-0.1, -0.05) is 6.92 Å². The Hall–Kier alpha value is -0.610. The number of hydrogen-bond donors (Lipinski definition) is 1. The van der Waals surface area contributed by atoms with Crippen LogP contribution in [0.3, 0.4) is 0 Å². The van der Waals surface area contributed by atoms with Gasteiger partial charge in [0.1, 0.15) is 6.04 Å². The van der Waals surface area contributed by atoms with Crippen molar-refractivity contribution in [3.05, 3.63) is 0 Å². The Balaban J connectivity index is 2.57. The second-order valence-electron chi connectivity index (χ2n) is 5.03. The SMILES string of the molecule is CCN1CC(OC(C)(C)C)CC1C(=O)O. The molecule has 1 aliphatic rings. The normalized spacial score (nSPS) is 28.3. The highest BCUT2D eigenvalue weighted by molar-refractivity contribution is 5.74. The molecule has 0 radical (unpaired) electrons. The van der Waals surface area contributed by atoms with Gasteiger partial charge in [-0.3, -0.25) is 9.69 Å². The molecule has 1 rings (SSSR count). The van der Waals surface area contributed by atoms with Gasteiger partial charge < -0.3 is 9.84 Å². The molecule has 1 heterocycles. The molecule has 0 amide bonds. The van der Waals surface area contributed by atoms with Crippen LogP contribution in [0.2, 0.25) is 0 Å². The first-order valence-electron chi connectivity index (χ1n) is 5.48. The highest BCUT2D eigenvalue weighted by Gasteiger charge is 2.37. The summed E-state index contributed by atoms with van der Waals surface area (Å²) < 4.78 is 5.81. The number of rotatable bonds is 3. The highest BCUT2D eigenvalue weighted by atomic mass is 16.5. The maximum Gasteiger partial charge on any atom is 0.321 e. The lowest BCUT2D eigenvalue weighted by molar-refractivity contribution is -0.142. The fourth-order valence-electron chi connectivity index (χ4n) is 2.05. The topological polar surface area (TPSA) is 49.8 Å². The molecule has 0 aromatic rings. The summed E-state index contributed by atoms with van der Waals surface area (Å²) in [6, 6.07) is -0.373. The van der Waals surface area contributed by atoms with Gasteiger partial charge in [0, 0.05) is 13.0 Å². The third-order valence-electron chi connectivity index (χ3n) is 2.58. The van der Waals surface area contributed by atoms with Crippen molar-refractivity contribution < 1.29 is 14.6 Å². The van der Waals surface area contributed by atoms with E-state index in [0.717, 1.165) is 13.1 Å². The van der Waals surface area contributed by atoms with Gasteiger partial charge >= 0.3 is 5.97 Å². The van der Waals surface area contributed by atoms with Gasteiger partial charge in [-0.05, 0) is 27.3 Å². The predicted octanol–water partition coefficient (Wildman–Crippen LogP) is 1.35. The maximum absolute atomic E-state index is 11.0. The number of carbonyl (C=O) groups is 1. The van der Waals surface area contributed by atoms with E-state index in [2.05, 4.69) is 0 Å². The van der Waals surface area contributed by atoms with Crippen molar-refractivity contribution in [2.45, 2.75) is 51.9 Å². The first-order chi connectivity index (χ1) is 6.83. The molecule has 0 saturated carbocycles. The van der Waals surface area contributed by atoms with E-state index >= 15 is 0 Å². The van der Waals surface area contributed by atoms with Gasteiger partial charge in [0.2, 0.25) is 0 Å². The van der Waals surface area contributed by atoms with Gasteiger partial charge in [-0.15, -0.1) is 0 Å². The molecule has 15 heavy (non-hydrogen) atoms. The molecule has 1 saturated heterocycles. The molecule has 1 N–H and O–H groups in total. The Labute approximate surface area is 91.2 Å². The van der Waals surface area contributed by atoms with E-state index in [4.69, 9.17) is 9.84 Å². The summed E-state index contributed by atoms with van der Waals surface area (Å²) in [6.45, 7) is 9.47. The number of nitrogens with zero attached hydrogens (tertiary/aromatic N) is 1. The lowest BCUT2D eigenvalue weighted by Gasteiger charge is -2.24. The molecule has 1 aliphatic heterocycles. The molecular weight excluding hydrogens is 194 g/mol. The molecule has 2 atom stereocenters. The maximum atomic E-state index is 11.0. The van der Waals surface area contributed by atoms with Gasteiger partial charge in [0.25, 0.3) is 0 Å². The lowest BCUT2D eigenvalue weighted by Crippen LogP contribution is -2.35. The van der Waals surface area contributed by atoms with Crippen LogP contribution in [0.5, 0.6) is 0 Å². The van der Waals surface area contributed by atoms with Crippen molar-refractivity contribution in [1.29, 1.82) is 0 Å². The highest BCUT2D eigenvalue weighted by Crippen LogP contribution is 2.24. The summed E-state index contributed by atoms with van der Waals surface area (Å²) >= 11 is 0. The average Bonchev–Trinajstić information content (AvgIpc) is 2.44. The number of ether oxygens (including phenoxy) is 1. The van der Waals surface area contributed by atoms with E-state index in [9.17, 15) is 4.79 Å². The molecule has 1 fully saturated rings. The van der Waals surface area contributed by atoms with Crippen LogP contribution in [0.4, 0.5) is 0 Å². The fraction of sp³-hybridized carbons (Fsp3) is 0.909. The monoisotopic (exact) mass is 215 g/mol. The number of aliphatic carboxylic acids is 1. The number of carboxylic acids is 1. The summed E-state index contributed by atoms with van der Waals surface area (Å²) in [5, 5.41) is 9.03. The zero-order chi connectivity index (χ0) is 11.6. The smallest absolute Gasteiger partial charge is 0.321 e. The first-order valence-corrected chi connectivity index (χ1v) is 5.48. The predicted molar refractivity (Wildman–Crippen MR) is 57.9 cm³/mol. The second-order valence-corrected chi connectivity index (χ2v) is 5.03. The van der Waals surface area contributed by atoms with Crippen molar-refractivity contribution >= 4 is 5.97 Å². The fourth-order valence-corrected chi connectivity index (χ4v) is 2.05. The molecule has 4 heteroatoms. The molecule has 88 valence electrons. The van der Waals surface area contributed by atoms with Crippen molar-refractivity contribution in [2.75, 3.05) is 13.1 Å². The van der Waals surface area contributed by atoms with Crippen LogP contribution in [-0.2, 0) is 9.53 Å².